The van der Waals surface area contributed by atoms with E-state index in [1.54, 1.807) is 7.05 Å². The Morgan fingerprint density at radius 3 is 2.47 bits per heavy atom. The highest BCUT2D eigenvalue weighted by Crippen LogP contribution is 2.30. The molecule has 1 aliphatic rings. The van der Waals surface area contributed by atoms with Gasteiger partial charge in [-0.05, 0) is 18.4 Å². The summed E-state index contributed by atoms with van der Waals surface area (Å²) in [5, 5.41) is 9.84. The number of alkyl halides is 3. The van der Waals surface area contributed by atoms with E-state index in [0.29, 0.717) is 5.96 Å². The van der Waals surface area contributed by atoms with Gasteiger partial charge < -0.3 is 10.6 Å². The summed E-state index contributed by atoms with van der Waals surface area (Å²) in [7, 11) is 3.10. The van der Waals surface area contributed by atoms with Crippen molar-refractivity contribution in [1.29, 1.82) is 0 Å². The summed E-state index contributed by atoms with van der Waals surface area (Å²) in [6.07, 6.45) is -1.19. The topological polar surface area (TPSA) is 57.5 Å². The van der Waals surface area contributed by atoms with Gasteiger partial charge in [0.1, 0.15) is 0 Å². The van der Waals surface area contributed by atoms with Gasteiger partial charge in [-0.15, -0.1) is 24.0 Å². The van der Waals surface area contributed by atoms with Gasteiger partial charge in [-0.2, -0.15) is 18.3 Å². The molecule has 0 atom stereocenters. The fraction of sp³-hybridized carbons (Fsp3) is 0.500. The van der Waals surface area contributed by atoms with Crippen LogP contribution >= 0.6 is 24.0 Å². The van der Waals surface area contributed by atoms with Gasteiger partial charge in [0.25, 0.3) is 0 Å². The first kappa shape index (κ1) is 24.4. The third-order valence-corrected chi connectivity index (χ3v) is 5.02. The van der Waals surface area contributed by atoms with Crippen molar-refractivity contribution >= 4 is 29.9 Å². The summed E-state index contributed by atoms with van der Waals surface area (Å²) < 4.78 is 40.4. The van der Waals surface area contributed by atoms with Gasteiger partial charge in [0.15, 0.2) is 11.7 Å². The van der Waals surface area contributed by atoms with E-state index in [9.17, 15) is 13.2 Å². The normalized spacial score (nSPS) is 16.2. The maximum absolute atomic E-state index is 13.1. The summed E-state index contributed by atoms with van der Waals surface area (Å²) in [5.41, 5.74) is 0.533. The molecule has 0 spiro atoms. The van der Waals surface area contributed by atoms with Crippen LogP contribution < -0.4 is 10.6 Å². The summed E-state index contributed by atoms with van der Waals surface area (Å²) in [6, 6.07) is 10.6. The van der Waals surface area contributed by atoms with Crippen molar-refractivity contribution in [1.82, 2.24) is 25.3 Å². The van der Waals surface area contributed by atoms with Gasteiger partial charge in [-0.25, -0.2) is 0 Å². The van der Waals surface area contributed by atoms with Crippen LogP contribution in [0, 0.1) is 0 Å². The molecule has 166 valence electrons. The molecule has 0 amide bonds. The molecule has 0 saturated carbocycles. The molecular weight excluding hydrogens is 508 g/mol. The van der Waals surface area contributed by atoms with Gasteiger partial charge >= 0.3 is 6.18 Å². The number of hydrogen-bond acceptors (Lipinski definition) is 3. The van der Waals surface area contributed by atoms with E-state index >= 15 is 0 Å². The molecular formula is C20H28F3IN6. The lowest BCUT2D eigenvalue weighted by molar-refractivity contribution is -0.142. The second-order valence-electron chi connectivity index (χ2n) is 7.28. The first-order valence-corrected chi connectivity index (χ1v) is 9.68. The molecule has 0 unspecified atom stereocenters. The fourth-order valence-electron chi connectivity index (χ4n) is 3.55. The fourth-order valence-corrected chi connectivity index (χ4v) is 3.55. The number of aromatic nitrogens is 2. The highest BCUT2D eigenvalue weighted by Gasteiger charge is 2.36. The Morgan fingerprint density at radius 2 is 1.87 bits per heavy atom. The Hall–Kier alpha value is -1.82. The van der Waals surface area contributed by atoms with Crippen molar-refractivity contribution < 1.29 is 13.2 Å². The summed E-state index contributed by atoms with van der Waals surface area (Å²) in [5.74, 6) is 0.503. The maximum atomic E-state index is 13.1. The van der Waals surface area contributed by atoms with Crippen LogP contribution in [0.15, 0.2) is 41.5 Å². The first-order valence-electron chi connectivity index (χ1n) is 9.68. The minimum Gasteiger partial charge on any atom is -0.354 e. The van der Waals surface area contributed by atoms with Crippen molar-refractivity contribution in [3.05, 3.63) is 53.3 Å². The van der Waals surface area contributed by atoms with E-state index in [1.165, 1.54) is 23.5 Å². The molecule has 1 fully saturated rings. The maximum Gasteiger partial charge on any atom is 0.435 e. The van der Waals surface area contributed by atoms with Crippen LogP contribution in [0.3, 0.4) is 0 Å². The van der Waals surface area contributed by atoms with Crippen LogP contribution in [-0.4, -0.2) is 46.8 Å². The molecule has 2 heterocycles. The number of aryl methyl sites for hydroxylation is 1. The number of nitrogens with one attached hydrogen (secondary N) is 2. The van der Waals surface area contributed by atoms with Crippen molar-refractivity contribution in [3.63, 3.8) is 0 Å². The average molecular weight is 536 g/mol. The summed E-state index contributed by atoms with van der Waals surface area (Å²) in [6.45, 7) is 2.87. The number of nitrogens with zero attached hydrogens (tertiary/aromatic N) is 4. The van der Waals surface area contributed by atoms with Gasteiger partial charge in [0.2, 0.25) is 0 Å². The predicted molar refractivity (Wildman–Crippen MR) is 122 cm³/mol. The largest absolute Gasteiger partial charge is 0.435 e. The monoisotopic (exact) mass is 536 g/mol. The van der Waals surface area contributed by atoms with E-state index in [0.717, 1.165) is 32.5 Å². The predicted octanol–water partition coefficient (Wildman–Crippen LogP) is 3.39. The number of guanidine groups is 1. The average Bonchev–Trinajstić information content (AvgIpc) is 3.08. The van der Waals surface area contributed by atoms with Gasteiger partial charge in [-0.3, -0.25) is 14.6 Å². The number of likely N-dealkylation sites (tertiary alicyclic amines) is 1. The van der Waals surface area contributed by atoms with Gasteiger partial charge in [0, 0.05) is 58.1 Å². The van der Waals surface area contributed by atoms with E-state index in [1.807, 2.05) is 18.2 Å². The molecule has 0 radical (unpaired) electrons. The molecule has 10 heteroatoms. The molecule has 1 aliphatic heterocycles. The zero-order valence-electron chi connectivity index (χ0n) is 17.1. The molecule has 3 rings (SSSR count). The Balaban J connectivity index is 0.00000320. The Bertz CT molecular complexity index is 814. The van der Waals surface area contributed by atoms with Crippen molar-refractivity contribution in [3.8, 4) is 0 Å². The van der Waals surface area contributed by atoms with Crippen LogP contribution in [0.25, 0.3) is 0 Å². The highest BCUT2D eigenvalue weighted by atomic mass is 127. The lowest BCUT2D eigenvalue weighted by atomic mass is 10.0. The lowest BCUT2D eigenvalue weighted by Gasteiger charge is -2.33. The van der Waals surface area contributed by atoms with Crippen molar-refractivity contribution in [2.45, 2.75) is 38.1 Å². The van der Waals surface area contributed by atoms with Crippen LogP contribution in [-0.2, 0) is 26.3 Å². The first-order chi connectivity index (χ1) is 13.8. The number of halogens is 4. The molecule has 30 heavy (non-hydrogen) atoms. The minimum atomic E-state index is -4.47. The summed E-state index contributed by atoms with van der Waals surface area (Å²) >= 11 is 0. The smallest absolute Gasteiger partial charge is 0.354 e. The second kappa shape index (κ2) is 11.0. The van der Waals surface area contributed by atoms with Crippen molar-refractivity contribution in [2.24, 2.45) is 12.0 Å². The van der Waals surface area contributed by atoms with E-state index in [4.69, 9.17) is 0 Å². The van der Waals surface area contributed by atoms with E-state index in [2.05, 4.69) is 37.8 Å². The highest BCUT2D eigenvalue weighted by molar-refractivity contribution is 14.0. The minimum absolute atomic E-state index is 0. The van der Waals surface area contributed by atoms with Crippen molar-refractivity contribution in [2.75, 3.05) is 20.1 Å². The molecule has 2 aromatic rings. The number of rotatable bonds is 5. The Kier molecular flexibility index (Phi) is 8.95. The number of hydrogen-bond donors (Lipinski definition) is 2. The van der Waals surface area contributed by atoms with Crippen LogP contribution in [0.5, 0.6) is 0 Å². The molecule has 2 N–H and O–H groups in total. The second-order valence-corrected chi connectivity index (χ2v) is 7.28. The molecule has 0 aliphatic carbocycles. The molecule has 6 nitrogen and oxygen atoms in total. The van der Waals surface area contributed by atoms with Crippen LogP contribution in [0.2, 0.25) is 0 Å². The summed E-state index contributed by atoms with van der Waals surface area (Å²) in [4.78, 5) is 6.57. The van der Waals surface area contributed by atoms with E-state index < -0.39 is 11.9 Å². The quantitative estimate of drug-likeness (QED) is 0.350. The third-order valence-electron chi connectivity index (χ3n) is 5.02. The Labute approximate surface area is 191 Å². The SMILES string of the molecule is CN=C(NCc1cn(C)nc1C(F)(F)F)NC1CCN(Cc2ccccc2)CC1.I. The lowest BCUT2D eigenvalue weighted by Crippen LogP contribution is -2.48. The zero-order valence-corrected chi connectivity index (χ0v) is 19.4. The van der Waals surface area contributed by atoms with Gasteiger partial charge in [-0.1, -0.05) is 30.3 Å². The van der Waals surface area contributed by atoms with E-state index in [-0.39, 0.29) is 42.1 Å². The number of benzene rings is 1. The number of piperidine rings is 1. The Morgan fingerprint density at radius 1 is 1.20 bits per heavy atom. The standard InChI is InChI=1S/C20H27F3N6.HI/c1-24-19(25-12-16-14-28(2)27-18(16)20(21,22)23)26-17-8-10-29(11-9-17)13-15-6-4-3-5-7-15;/h3-7,14,17H,8-13H2,1-2H3,(H2,24,25,26);1H. The molecule has 0 bridgehead atoms. The van der Waals surface area contributed by atoms with Gasteiger partial charge in [0.05, 0.1) is 0 Å². The third kappa shape index (κ3) is 6.86. The molecule has 1 aromatic carbocycles. The molecule has 1 aromatic heterocycles. The molecule has 1 saturated heterocycles. The van der Waals surface area contributed by atoms with Crippen LogP contribution in [0.4, 0.5) is 13.2 Å². The van der Waals surface area contributed by atoms with Crippen LogP contribution in [0.1, 0.15) is 29.7 Å². The number of aliphatic imine (C=N–C) groups is 1. The zero-order chi connectivity index (χ0) is 20.9.